The molecule has 1 aromatic heterocycles. The summed E-state index contributed by atoms with van der Waals surface area (Å²) in [5.41, 5.74) is 0.662. The number of aliphatic hydroxyl groups is 1. The van der Waals surface area contributed by atoms with Crippen molar-refractivity contribution in [1.29, 1.82) is 0 Å². The predicted octanol–water partition coefficient (Wildman–Crippen LogP) is 3.94. The van der Waals surface area contributed by atoms with Crippen molar-refractivity contribution in [2.75, 3.05) is 6.54 Å². The number of ether oxygens (including phenoxy) is 1. The lowest BCUT2D eigenvalue weighted by Gasteiger charge is -2.32. The Labute approximate surface area is 285 Å². The van der Waals surface area contributed by atoms with Gasteiger partial charge >= 0.3 is 6.09 Å². The molecular weight excluding hydrogens is 612 g/mol. The Kier molecular flexibility index (Phi) is 15.4. The lowest BCUT2D eigenvalue weighted by Crippen LogP contribution is -2.58. The molecular formula is C36H56N6O6. The van der Waals surface area contributed by atoms with Gasteiger partial charge in [0.05, 0.1) is 18.5 Å². The molecule has 1 aliphatic carbocycles. The van der Waals surface area contributed by atoms with Crippen LogP contribution in [0.5, 0.6) is 0 Å². The van der Waals surface area contributed by atoms with Crippen LogP contribution in [0.15, 0.2) is 42.9 Å². The summed E-state index contributed by atoms with van der Waals surface area (Å²) in [6.07, 6.45) is 8.59. The van der Waals surface area contributed by atoms with Crippen molar-refractivity contribution in [3.05, 3.63) is 54.1 Å². The van der Waals surface area contributed by atoms with Gasteiger partial charge in [-0.1, -0.05) is 76.3 Å². The van der Waals surface area contributed by atoms with Crippen LogP contribution in [0.3, 0.4) is 0 Å². The smallest absolute Gasteiger partial charge is 0.408 e. The molecule has 0 radical (unpaired) electrons. The number of aromatic amines is 1. The van der Waals surface area contributed by atoms with Gasteiger partial charge in [-0.25, -0.2) is 9.78 Å². The minimum atomic E-state index is -1.06. The van der Waals surface area contributed by atoms with Crippen molar-refractivity contribution in [1.82, 2.24) is 31.2 Å². The number of aliphatic hydroxyl groups excluding tert-OH is 1. The molecule has 6 N–H and O–H groups in total. The van der Waals surface area contributed by atoms with Crippen molar-refractivity contribution in [2.24, 2.45) is 11.8 Å². The molecule has 12 nitrogen and oxygen atoms in total. The van der Waals surface area contributed by atoms with E-state index >= 15 is 0 Å². The van der Waals surface area contributed by atoms with Crippen molar-refractivity contribution in [3.8, 4) is 0 Å². The van der Waals surface area contributed by atoms with Gasteiger partial charge in [-0.15, -0.1) is 0 Å². The van der Waals surface area contributed by atoms with E-state index in [2.05, 4.69) is 31.2 Å². The summed E-state index contributed by atoms with van der Waals surface area (Å²) in [5.74, 6) is -0.486. The van der Waals surface area contributed by atoms with Crippen molar-refractivity contribution >= 4 is 23.8 Å². The molecule has 4 amide bonds. The molecule has 1 aliphatic rings. The monoisotopic (exact) mass is 668 g/mol. The molecule has 1 saturated carbocycles. The number of carbonyl (C=O) groups excluding carboxylic acids is 4. The van der Waals surface area contributed by atoms with Crippen LogP contribution >= 0.6 is 0 Å². The second-order valence-corrected chi connectivity index (χ2v) is 14.4. The number of rotatable bonds is 17. The van der Waals surface area contributed by atoms with Gasteiger partial charge in [0.25, 0.3) is 0 Å². The maximum Gasteiger partial charge on any atom is 0.408 e. The maximum absolute atomic E-state index is 14.0. The van der Waals surface area contributed by atoms with Crippen molar-refractivity contribution in [3.63, 3.8) is 0 Å². The van der Waals surface area contributed by atoms with Gasteiger partial charge in [0.2, 0.25) is 17.7 Å². The van der Waals surface area contributed by atoms with Crippen LogP contribution < -0.4 is 21.3 Å². The van der Waals surface area contributed by atoms with Gasteiger partial charge in [0, 0.05) is 37.7 Å². The van der Waals surface area contributed by atoms with Gasteiger partial charge in [0.15, 0.2) is 0 Å². The van der Waals surface area contributed by atoms with E-state index in [0.29, 0.717) is 30.4 Å². The molecule has 0 unspecified atom stereocenters. The first-order valence-electron chi connectivity index (χ1n) is 17.3. The van der Waals surface area contributed by atoms with Gasteiger partial charge in [0.1, 0.15) is 17.7 Å². The predicted molar refractivity (Wildman–Crippen MR) is 184 cm³/mol. The number of nitrogens with zero attached hydrogens (tertiary/aromatic N) is 1. The fourth-order valence-corrected chi connectivity index (χ4v) is 5.85. The Morgan fingerprint density at radius 1 is 0.958 bits per heavy atom. The number of carbonyl (C=O) groups is 4. The standard InChI is InChI=1S/C36H56N6O6/c1-24(2)16-17-32(44)38-22-31(43)28(18-25-12-8-6-9-13-25)40-34(46)30(20-27-21-37-23-39-27)41-33(45)29(19-26-14-10-7-11-15-26)42-35(47)48-36(3,4)5/h7,10-11,14-15,21,23-25,28-31,43H,6,8-9,12-13,16-20,22H2,1-5H3,(H,37,39)(H,38,44)(H,40,46)(H,41,45)(H,42,47)/t28-,29-,30-,31-/m0/s1. The molecule has 12 heteroatoms. The van der Waals surface area contributed by atoms with Gasteiger partial charge in [-0.05, 0) is 51.0 Å². The van der Waals surface area contributed by atoms with E-state index in [1.807, 2.05) is 44.2 Å². The molecule has 1 fully saturated rings. The zero-order valence-electron chi connectivity index (χ0n) is 29.2. The molecule has 3 rings (SSSR count). The van der Waals surface area contributed by atoms with Crippen LogP contribution in [0.1, 0.15) is 97.2 Å². The topological polar surface area (TPSA) is 175 Å². The summed E-state index contributed by atoms with van der Waals surface area (Å²) < 4.78 is 5.43. The lowest BCUT2D eigenvalue weighted by molar-refractivity contribution is -0.131. The fraction of sp³-hybridized carbons (Fsp3) is 0.639. The average molecular weight is 669 g/mol. The summed E-state index contributed by atoms with van der Waals surface area (Å²) in [7, 11) is 0. The molecule has 0 aliphatic heterocycles. The van der Waals surface area contributed by atoms with Gasteiger partial charge < -0.3 is 36.1 Å². The number of amides is 4. The van der Waals surface area contributed by atoms with Crippen LogP contribution in [0.4, 0.5) is 4.79 Å². The minimum Gasteiger partial charge on any atom is -0.444 e. The van der Waals surface area contributed by atoms with E-state index < -0.39 is 47.7 Å². The highest BCUT2D eigenvalue weighted by Crippen LogP contribution is 2.28. The first-order valence-corrected chi connectivity index (χ1v) is 17.3. The normalized spacial score (nSPS) is 16.3. The van der Waals surface area contributed by atoms with Gasteiger partial charge in [-0.2, -0.15) is 0 Å². The Bertz CT molecular complexity index is 1270. The highest BCUT2D eigenvalue weighted by atomic mass is 16.6. The molecule has 1 heterocycles. The molecule has 0 bridgehead atoms. The Morgan fingerprint density at radius 2 is 1.62 bits per heavy atom. The fourth-order valence-electron chi connectivity index (χ4n) is 5.85. The first-order chi connectivity index (χ1) is 22.8. The van der Waals surface area contributed by atoms with E-state index in [0.717, 1.165) is 37.7 Å². The Hall–Kier alpha value is -3.93. The minimum absolute atomic E-state index is 0.00509. The highest BCUT2D eigenvalue weighted by Gasteiger charge is 2.32. The van der Waals surface area contributed by atoms with E-state index in [4.69, 9.17) is 4.74 Å². The van der Waals surface area contributed by atoms with E-state index in [9.17, 15) is 24.3 Å². The average Bonchev–Trinajstić information content (AvgIpc) is 3.55. The second-order valence-electron chi connectivity index (χ2n) is 14.4. The highest BCUT2D eigenvalue weighted by molar-refractivity contribution is 5.91. The number of benzene rings is 1. The number of hydrogen-bond acceptors (Lipinski definition) is 7. The third-order valence-electron chi connectivity index (χ3n) is 8.46. The summed E-state index contributed by atoms with van der Waals surface area (Å²) >= 11 is 0. The van der Waals surface area contributed by atoms with Crippen LogP contribution in [0, 0.1) is 11.8 Å². The zero-order valence-corrected chi connectivity index (χ0v) is 29.2. The van der Waals surface area contributed by atoms with Crippen LogP contribution in [0.2, 0.25) is 0 Å². The zero-order chi connectivity index (χ0) is 35.1. The summed E-state index contributed by atoms with van der Waals surface area (Å²) in [4.78, 5) is 60.1. The number of alkyl carbamates (subject to hydrolysis) is 1. The first kappa shape index (κ1) is 38.5. The summed E-state index contributed by atoms with van der Waals surface area (Å²) in [6, 6.07) is 6.51. The SMILES string of the molecule is CC(C)CCC(=O)NC[C@H](O)[C@H](CC1CCCCC1)NC(=O)[C@H](Cc1cnc[nH]1)NC(=O)[C@H](Cc1ccccc1)NC(=O)OC(C)(C)C. The molecule has 1 aromatic carbocycles. The van der Waals surface area contributed by atoms with E-state index in [-0.39, 0.29) is 25.3 Å². The van der Waals surface area contributed by atoms with Crippen LogP contribution in [-0.2, 0) is 32.0 Å². The number of imidazole rings is 1. The number of nitrogens with one attached hydrogen (secondary N) is 5. The van der Waals surface area contributed by atoms with Crippen LogP contribution in [0.25, 0.3) is 0 Å². The summed E-state index contributed by atoms with van der Waals surface area (Å²) in [6.45, 7) is 9.31. The van der Waals surface area contributed by atoms with Crippen LogP contribution in [-0.4, -0.2) is 75.3 Å². The summed E-state index contributed by atoms with van der Waals surface area (Å²) in [5, 5.41) is 22.6. The molecule has 266 valence electrons. The molecule has 0 spiro atoms. The van der Waals surface area contributed by atoms with Gasteiger partial charge in [-0.3, -0.25) is 14.4 Å². The van der Waals surface area contributed by atoms with E-state index in [1.54, 1.807) is 27.0 Å². The third kappa shape index (κ3) is 14.5. The number of H-pyrrole nitrogens is 1. The van der Waals surface area contributed by atoms with E-state index in [1.165, 1.54) is 12.7 Å². The number of aromatic nitrogens is 2. The molecule has 0 saturated heterocycles. The lowest BCUT2D eigenvalue weighted by atomic mass is 9.83. The third-order valence-corrected chi connectivity index (χ3v) is 8.46. The quantitative estimate of drug-likeness (QED) is 0.148. The number of hydrogen-bond donors (Lipinski definition) is 6. The van der Waals surface area contributed by atoms with Crippen molar-refractivity contribution in [2.45, 2.75) is 129 Å². The molecule has 2 aromatic rings. The molecule has 4 atom stereocenters. The maximum atomic E-state index is 14.0. The largest absolute Gasteiger partial charge is 0.444 e. The Balaban J connectivity index is 1.79. The molecule has 48 heavy (non-hydrogen) atoms. The Morgan fingerprint density at radius 3 is 2.25 bits per heavy atom. The van der Waals surface area contributed by atoms with Crippen molar-refractivity contribution < 1.29 is 29.0 Å². The second kappa shape index (κ2) is 19.2.